The van der Waals surface area contributed by atoms with Crippen molar-refractivity contribution in [2.75, 3.05) is 0 Å². The minimum atomic E-state index is 0.0317. The molecule has 0 amide bonds. The number of carbonyl (C=O) groups excluding carboxylic acids is 2. The van der Waals surface area contributed by atoms with E-state index in [0.29, 0.717) is 29.8 Å². The second-order valence-corrected chi connectivity index (χ2v) is 5.18. The molecule has 0 atom stereocenters. The van der Waals surface area contributed by atoms with Gasteiger partial charge >= 0.3 is 0 Å². The van der Waals surface area contributed by atoms with Gasteiger partial charge in [-0.25, -0.2) is 0 Å². The largest absolute Gasteiger partial charge is 0.300 e. The van der Waals surface area contributed by atoms with Crippen molar-refractivity contribution in [3.63, 3.8) is 0 Å². The molecule has 0 aliphatic rings. The smallest absolute Gasteiger partial charge is 0.193 e. The molecule has 0 fully saturated rings. The van der Waals surface area contributed by atoms with Gasteiger partial charge in [0, 0.05) is 24.0 Å². The van der Waals surface area contributed by atoms with Gasteiger partial charge in [-0.05, 0) is 18.4 Å². The van der Waals surface area contributed by atoms with Crippen LogP contribution in [0.15, 0.2) is 54.6 Å². The first-order valence-corrected chi connectivity index (χ1v) is 7.41. The van der Waals surface area contributed by atoms with E-state index in [2.05, 4.69) is 0 Å². The summed E-state index contributed by atoms with van der Waals surface area (Å²) in [6.07, 6.45) is 2.90. The number of rotatable bonds is 7. The first-order chi connectivity index (χ1) is 10.2. The van der Waals surface area contributed by atoms with E-state index in [1.54, 1.807) is 0 Å². The monoisotopic (exact) mass is 280 g/mol. The molecule has 0 aliphatic carbocycles. The lowest BCUT2D eigenvalue weighted by Gasteiger charge is -2.04. The third kappa shape index (κ3) is 4.38. The Labute approximate surface area is 125 Å². The molecular weight excluding hydrogens is 260 g/mol. The first-order valence-electron chi connectivity index (χ1n) is 7.41. The maximum absolute atomic E-state index is 12.3. The zero-order chi connectivity index (χ0) is 15.1. The van der Waals surface area contributed by atoms with Crippen molar-refractivity contribution in [3.8, 4) is 0 Å². The van der Waals surface area contributed by atoms with E-state index in [9.17, 15) is 9.59 Å². The highest BCUT2D eigenvalue weighted by molar-refractivity contribution is 6.08. The van der Waals surface area contributed by atoms with Gasteiger partial charge in [-0.15, -0.1) is 0 Å². The molecule has 0 bridgehead atoms. The Hall–Kier alpha value is -2.22. The molecule has 2 heteroatoms. The second-order valence-electron chi connectivity index (χ2n) is 5.18. The average molecular weight is 280 g/mol. The number of ketones is 2. The third-order valence-corrected chi connectivity index (χ3v) is 3.47. The van der Waals surface area contributed by atoms with E-state index in [1.807, 2.05) is 61.5 Å². The molecule has 0 unspecified atom stereocenters. The molecule has 0 radical (unpaired) electrons. The number of hydrogen-bond acceptors (Lipinski definition) is 2. The summed E-state index contributed by atoms with van der Waals surface area (Å²) in [7, 11) is 0. The summed E-state index contributed by atoms with van der Waals surface area (Å²) in [4.78, 5) is 23.8. The standard InChI is InChI=1S/C19H20O2/c1-2-6-18(20)14-11-15-9-12-17(13-10-15)19(21)16-7-4-3-5-8-16/h3-5,7-10,12-13H,2,6,11,14H2,1H3. The lowest BCUT2D eigenvalue weighted by atomic mass is 10.00. The third-order valence-electron chi connectivity index (χ3n) is 3.47. The number of carbonyl (C=O) groups is 2. The van der Waals surface area contributed by atoms with E-state index in [-0.39, 0.29) is 5.78 Å². The van der Waals surface area contributed by atoms with Crippen LogP contribution in [0.1, 0.15) is 47.7 Å². The molecule has 0 heterocycles. The fourth-order valence-electron chi connectivity index (χ4n) is 2.27. The van der Waals surface area contributed by atoms with Gasteiger partial charge in [0.05, 0.1) is 0 Å². The first kappa shape index (κ1) is 15.2. The van der Waals surface area contributed by atoms with Crippen LogP contribution in [0.4, 0.5) is 0 Å². The minimum Gasteiger partial charge on any atom is -0.300 e. The van der Waals surface area contributed by atoms with Gasteiger partial charge in [-0.2, -0.15) is 0 Å². The molecule has 0 aromatic heterocycles. The summed E-state index contributed by atoms with van der Waals surface area (Å²) in [5.41, 5.74) is 2.48. The minimum absolute atomic E-state index is 0.0317. The van der Waals surface area contributed by atoms with Crippen molar-refractivity contribution in [3.05, 3.63) is 71.3 Å². The SMILES string of the molecule is CCCC(=O)CCc1ccc(C(=O)c2ccccc2)cc1. The Morgan fingerprint density at radius 2 is 1.43 bits per heavy atom. The van der Waals surface area contributed by atoms with Crippen molar-refractivity contribution in [1.29, 1.82) is 0 Å². The van der Waals surface area contributed by atoms with Gasteiger partial charge in [-0.3, -0.25) is 9.59 Å². The van der Waals surface area contributed by atoms with Crippen LogP contribution >= 0.6 is 0 Å². The fraction of sp³-hybridized carbons (Fsp3) is 0.263. The fourth-order valence-corrected chi connectivity index (χ4v) is 2.27. The van der Waals surface area contributed by atoms with Gasteiger partial charge in [0.1, 0.15) is 5.78 Å². The molecule has 0 saturated heterocycles. The Kier molecular flexibility index (Phi) is 5.44. The van der Waals surface area contributed by atoms with Crippen molar-refractivity contribution in [1.82, 2.24) is 0 Å². The molecule has 0 spiro atoms. The van der Waals surface area contributed by atoms with Gasteiger partial charge in [-0.1, -0.05) is 61.5 Å². The van der Waals surface area contributed by atoms with Gasteiger partial charge in [0.2, 0.25) is 0 Å². The number of hydrogen-bond donors (Lipinski definition) is 0. The molecule has 0 N–H and O–H groups in total. The molecule has 2 nitrogen and oxygen atoms in total. The quantitative estimate of drug-likeness (QED) is 0.712. The summed E-state index contributed by atoms with van der Waals surface area (Å²) in [5, 5.41) is 0. The normalized spacial score (nSPS) is 10.3. The van der Waals surface area contributed by atoms with E-state index in [0.717, 1.165) is 18.4 Å². The average Bonchev–Trinajstić information content (AvgIpc) is 2.54. The maximum Gasteiger partial charge on any atom is 0.193 e. The van der Waals surface area contributed by atoms with Crippen molar-refractivity contribution in [2.45, 2.75) is 32.6 Å². The highest BCUT2D eigenvalue weighted by Crippen LogP contribution is 2.12. The second kappa shape index (κ2) is 7.53. The molecule has 21 heavy (non-hydrogen) atoms. The van der Waals surface area contributed by atoms with Crippen LogP contribution in [0.3, 0.4) is 0 Å². The predicted octanol–water partition coefficient (Wildman–Crippen LogP) is 4.22. The van der Waals surface area contributed by atoms with E-state index in [4.69, 9.17) is 0 Å². The lowest BCUT2D eigenvalue weighted by molar-refractivity contribution is -0.119. The van der Waals surface area contributed by atoms with E-state index in [1.165, 1.54) is 0 Å². The van der Waals surface area contributed by atoms with Crippen LogP contribution in [0.25, 0.3) is 0 Å². The summed E-state index contributed by atoms with van der Waals surface area (Å²) >= 11 is 0. The zero-order valence-corrected chi connectivity index (χ0v) is 12.3. The topological polar surface area (TPSA) is 34.1 Å². The summed E-state index contributed by atoms with van der Waals surface area (Å²) in [5.74, 6) is 0.339. The maximum atomic E-state index is 12.3. The summed E-state index contributed by atoms with van der Waals surface area (Å²) in [6, 6.07) is 16.8. The molecule has 0 saturated carbocycles. The highest BCUT2D eigenvalue weighted by Gasteiger charge is 2.08. The van der Waals surface area contributed by atoms with E-state index < -0.39 is 0 Å². The molecule has 0 aliphatic heterocycles. The van der Waals surface area contributed by atoms with Crippen LogP contribution < -0.4 is 0 Å². The van der Waals surface area contributed by atoms with Crippen LogP contribution in [0.5, 0.6) is 0 Å². The van der Waals surface area contributed by atoms with Crippen LogP contribution in [-0.2, 0) is 11.2 Å². The Morgan fingerprint density at radius 3 is 2.05 bits per heavy atom. The highest BCUT2D eigenvalue weighted by atomic mass is 16.1. The Bertz CT molecular complexity index is 597. The molecule has 2 aromatic rings. The number of aryl methyl sites for hydroxylation is 1. The zero-order valence-electron chi connectivity index (χ0n) is 12.3. The van der Waals surface area contributed by atoms with Crippen LogP contribution in [0.2, 0.25) is 0 Å². The van der Waals surface area contributed by atoms with Gasteiger partial charge in [0.25, 0.3) is 0 Å². The molecule has 108 valence electrons. The Morgan fingerprint density at radius 1 is 0.810 bits per heavy atom. The Balaban J connectivity index is 1.99. The van der Waals surface area contributed by atoms with E-state index >= 15 is 0 Å². The van der Waals surface area contributed by atoms with Gasteiger partial charge < -0.3 is 0 Å². The van der Waals surface area contributed by atoms with Crippen LogP contribution in [0, 0.1) is 0 Å². The lowest BCUT2D eigenvalue weighted by Crippen LogP contribution is -2.02. The number of benzene rings is 2. The molecule has 2 aromatic carbocycles. The summed E-state index contributed by atoms with van der Waals surface area (Å²) < 4.78 is 0. The molecular formula is C19H20O2. The number of Topliss-reactive ketones (excluding diaryl/α,β-unsaturated/α-hetero) is 1. The van der Waals surface area contributed by atoms with Crippen molar-refractivity contribution in [2.24, 2.45) is 0 Å². The molecule has 2 rings (SSSR count). The summed E-state index contributed by atoms with van der Waals surface area (Å²) in [6.45, 7) is 2.02. The van der Waals surface area contributed by atoms with Crippen LogP contribution in [-0.4, -0.2) is 11.6 Å². The van der Waals surface area contributed by atoms with Crippen molar-refractivity contribution >= 4 is 11.6 Å². The predicted molar refractivity (Wildman–Crippen MR) is 84.6 cm³/mol. The van der Waals surface area contributed by atoms with Crippen molar-refractivity contribution < 1.29 is 9.59 Å². The van der Waals surface area contributed by atoms with Gasteiger partial charge in [0.15, 0.2) is 5.78 Å².